The van der Waals surface area contributed by atoms with Crippen LogP contribution in [0.15, 0.2) is 43.6 Å². The van der Waals surface area contributed by atoms with E-state index in [1.54, 1.807) is 18.5 Å². The van der Waals surface area contributed by atoms with E-state index < -0.39 is 0 Å². The summed E-state index contributed by atoms with van der Waals surface area (Å²) in [6, 6.07) is 0. The number of morpholine rings is 1. The number of fused-ring (bicyclic) bond motifs is 1. The highest BCUT2D eigenvalue weighted by molar-refractivity contribution is 5.77. The van der Waals surface area contributed by atoms with Gasteiger partial charge in [-0.25, -0.2) is 19.9 Å². The molecule has 0 atom stereocenters. The van der Waals surface area contributed by atoms with Crippen LogP contribution >= 0.6 is 0 Å². The molecule has 0 radical (unpaired) electrons. The van der Waals surface area contributed by atoms with E-state index in [0.717, 1.165) is 67.0 Å². The van der Waals surface area contributed by atoms with Gasteiger partial charge in [-0.05, 0) is 6.92 Å². The Morgan fingerprint density at radius 2 is 1.97 bits per heavy atom. The molecule has 0 unspecified atom stereocenters. The van der Waals surface area contributed by atoms with E-state index >= 15 is 0 Å². The first-order valence-corrected chi connectivity index (χ1v) is 9.91. The van der Waals surface area contributed by atoms with Crippen molar-refractivity contribution in [3.05, 3.63) is 60.9 Å². The highest BCUT2D eigenvalue weighted by atomic mass is 16.5. The average Bonchev–Trinajstić information content (AvgIpc) is 3.18. The zero-order valence-electron chi connectivity index (χ0n) is 17.3. The quantitative estimate of drug-likeness (QED) is 0.577. The molecule has 3 aromatic heterocycles. The molecule has 0 spiro atoms. The fourth-order valence-electron chi connectivity index (χ4n) is 3.40. The summed E-state index contributed by atoms with van der Waals surface area (Å²) in [5.41, 5.74) is 4.22. The topological polar surface area (TPSA) is 92.5 Å². The predicted molar refractivity (Wildman–Crippen MR) is 116 cm³/mol. The van der Waals surface area contributed by atoms with E-state index in [1.165, 1.54) is 0 Å². The first-order chi connectivity index (χ1) is 14.7. The number of anilines is 2. The summed E-state index contributed by atoms with van der Waals surface area (Å²) in [7, 11) is 1.86. The van der Waals surface area contributed by atoms with Crippen LogP contribution in [0.1, 0.15) is 17.2 Å². The van der Waals surface area contributed by atoms with Crippen LogP contribution in [-0.2, 0) is 11.3 Å². The highest BCUT2D eigenvalue weighted by Gasteiger charge is 2.14. The van der Waals surface area contributed by atoms with Gasteiger partial charge in [-0.1, -0.05) is 12.7 Å². The minimum Gasteiger partial charge on any atom is -0.393 e. The number of ether oxygens (including phenoxy) is 1. The molecule has 1 aliphatic rings. The van der Waals surface area contributed by atoms with Crippen molar-refractivity contribution in [2.45, 2.75) is 13.5 Å². The molecule has 0 saturated carbocycles. The third kappa shape index (κ3) is 4.32. The maximum absolute atomic E-state index is 5.39. The van der Waals surface area contributed by atoms with Crippen LogP contribution in [0.2, 0.25) is 0 Å². The molecular weight excluding hydrogens is 380 g/mol. The zero-order chi connectivity index (χ0) is 20.9. The number of hydrogen-bond acceptors (Lipinski definition) is 8. The molecule has 1 aliphatic heterocycles. The number of hydrogen-bond donors (Lipinski definition) is 2. The van der Waals surface area contributed by atoms with Crippen LogP contribution in [0.25, 0.3) is 11.2 Å². The maximum Gasteiger partial charge on any atom is 0.180 e. The molecule has 4 rings (SSSR count). The van der Waals surface area contributed by atoms with Crippen LogP contribution in [0, 0.1) is 6.92 Å². The van der Waals surface area contributed by atoms with Gasteiger partial charge in [-0.15, -0.1) is 0 Å². The van der Waals surface area contributed by atoms with Crippen molar-refractivity contribution in [1.29, 1.82) is 0 Å². The Morgan fingerprint density at radius 3 is 2.67 bits per heavy atom. The van der Waals surface area contributed by atoms with Gasteiger partial charge in [0.1, 0.15) is 5.82 Å². The third-order valence-electron chi connectivity index (χ3n) is 4.87. The summed E-state index contributed by atoms with van der Waals surface area (Å²) >= 11 is 0. The Balaban J connectivity index is 1.57. The lowest BCUT2D eigenvalue weighted by atomic mass is 10.2. The van der Waals surface area contributed by atoms with Gasteiger partial charge in [0, 0.05) is 38.1 Å². The molecular formula is C21H26N8O. The van der Waals surface area contributed by atoms with Crippen molar-refractivity contribution in [2.75, 3.05) is 38.7 Å². The van der Waals surface area contributed by atoms with Crippen molar-refractivity contribution >= 4 is 22.7 Å². The predicted octanol–water partition coefficient (Wildman–Crippen LogP) is 2.15. The van der Waals surface area contributed by atoms with E-state index in [-0.39, 0.29) is 0 Å². The van der Waals surface area contributed by atoms with Gasteiger partial charge < -0.3 is 15.4 Å². The molecule has 3 aromatic rings. The number of aromatic nitrogens is 5. The molecule has 1 saturated heterocycles. The summed E-state index contributed by atoms with van der Waals surface area (Å²) in [5.74, 6) is 1.44. The molecule has 4 heterocycles. The van der Waals surface area contributed by atoms with Crippen LogP contribution in [0.5, 0.6) is 0 Å². The molecule has 0 amide bonds. The summed E-state index contributed by atoms with van der Waals surface area (Å²) in [6.45, 7) is 9.91. The Bertz CT molecular complexity index is 1050. The van der Waals surface area contributed by atoms with Crippen molar-refractivity contribution < 1.29 is 4.74 Å². The minimum atomic E-state index is 0.652. The summed E-state index contributed by atoms with van der Waals surface area (Å²) in [6.07, 6.45) is 11.0. The number of aryl methyl sites for hydroxylation is 1. The van der Waals surface area contributed by atoms with E-state index in [9.17, 15) is 0 Å². The van der Waals surface area contributed by atoms with Gasteiger partial charge >= 0.3 is 0 Å². The lowest BCUT2D eigenvalue weighted by Crippen LogP contribution is -2.36. The molecule has 9 heteroatoms. The van der Waals surface area contributed by atoms with Crippen molar-refractivity contribution in [2.24, 2.45) is 0 Å². The molecule has 0 bridgehead atoms. The van der Waals surface area contributed by atoms with Crippen LogP contribution in [-0.4, -0.2) is 62.6 Å². The lowest BCUT2D eigenvalue weighted by molar-refractivity contribution is 0.0330. The zero-order valence-corrected chi connectivity index (χ0v) is 17.3. The third-order valence-corrected chi connectivity index (χ3v) is 4.87. The lowest BCUT2D eigenvalue weighted by Gasteiger charge is -2.25. The number of nitrogens with one attached hydrogen (secondary N) is 2. The molecule has 0 aliphatic carbocycles. The summed E-state index contributed by atoms with van der Waals surface area (Å²) in [4.78, 5) is 20.5. The first-order valence-electron chi connectivity index (χ1n) is 9.91. The smallest absolute Gasteiger partial charge is 0.180 e. The molecule has 9 nitrogen and oxygen atoms in total. The van der Waals surface area contributed by atoms with E-state index in [2.05, 4.69) is 42.0 Å². The van der Waals surface area contributed by atoms with Crippen LogP contribution < -0.4 is 10.6 Å². The van der Waals surface area contributed by atoms with Crippen LogP contribution in [0.3, 0.4) is 0 Å². The Kier molecular flexibility index (Phi) is 6.01. The van der Waals surface area contributed by atoms with Gasteiger partial charge in [0.25, 0.3) is 0 Å². The summed E-state index contributed by atoms with van der Waals surface area (Å²) < 4.78 is 7.39. The Morgan fingerprint density at radius 1 is 1.20 bits per heavy atom. The molecule has 2 N–H and O–H groups in total. The minimum absolute atomic E-state index is 0.652. The second-order valence-electron chi connectivity index (χ2n) is 7.06. The molecule has 0 aromatic carbocycles. The fraction of sp³-hybridized carbons (Fsp3) is 0.333. The van der Waals surface area contributed by atoms with Crippen molar-refractivity contribution in [1.82, 2.24) is 34.6 Å². The van der Waals surface area contributed by atoms with Crippen LogP contribution in [0.4, 0.5) is 11.5 Å². The monoisotopic (exact) mass is 406 g/mol. The molecule has 30 heavy (non-hydrogen) atoms. The van der Waals surface area contributed by atoms with E-state index in [1.807, 2.05) is 37.0 Å². The molecule has 156 valence electrons. The highest BCUT2D eigenvalue weighted by Crippen LogP contribution is 2.23. The van der Waals surface area contributed by atoms with Crippen molar-refractivity contribution in [3.63, 3.8) is 0 Å². The van der Waals surface area contributed by atoms with Gasteiger partial charge in [0.15, 0.2) is 11.5 Å². The largest absolute Gasteiger partial charge is 0.393 e. The number of rotatable bonds is 7. The van der Waals surface area contributed by atoms with Gasteiger partial charge in [-0.3, -0.25) is 9.30 Å². The van der Waals surface area contributed by atoms with E-state index in [4.69, 9.17) is 4.74 Å². The van der Waals surface area contributed by atoms with Gasteiger partial charge in [0.05, 0.1) is 55.4 Å². The van der Waals surface area contributed by atoms with E-state index in [0.29, 0.717) is 5.82 Å². The Hall–Kier alpha value is -3.30. The number of imidazole rings is 1. The summed E-state index contributed by atoms with van der Waals surface area (Å²) in [5, 5.41) is 6.35. The van der Waals surface area contributed by atoms with Gasteiger partial charge in [0.2, 0.25) is 0 Å². The SMILES string of the molecule is C=C/C(=C\NC)c1cnc2c(Nc3cnc(CN4CCOCC4)nc3)nc(C)cn12. The first kappa shape index (κ1) is 20.0. The number of nitrogens with zero attached hydrogens (tertiary/aromatic N) is 6. The van der Waals surface area contributed by atoms with Crippen molar-refractivity contribution in [3.8, 4) is 0 Å². The second kappa shape index (κ2) is 9.02. The number of allylic oxidation sites excluding steroid dienone is 2. The normalized spacial score (nSPS) is 15.3. The maximum atomic E-state index is 5.39. The fourth-order valence-corrected chi connectivity index (χ4v) is 3.40. The molecule has 1 fully saturated rings. The second-order valence-corrected chi connectivity index (χ2v) is 7.06. The standard InChI is InChI=1S/C21H26N8O/c1-4-16(9-22-3)18-12-25-21-20(26-15(2)13-29(18)21)27-17-10-23-19(24-11-17)14-28-5-7-30-8-6-28/h4,9-13,22H,1,5-8,14H2,2-3H3,(H,26,27)/b16-9+. The van der Waals surface area contributed by atoms with Gasteiger partial charge in [-0.2, -0.15) is 0 Å². The average molecular weight is 406 g/mol. The Labute approximate surface area is 175 Å².